The average molecular weight is 487 g/mol. The van der Waals surface area contributed by atoms with Crippen molar-refractivity contribution in [1.82, 2.24) is 0 Å². The molecule has 0 heterocycles. The summed E-state index contributed by atoms with van der Waals surface area (Å²) in [6.07, 6.45) is 0. The van der Waals surface area contributed by atoms with E-state index in [1.807, 2.05) is 0 Å². The second kappa shape index (κ2) is 10.8. The van der Waals surface area contributed by atoms with E-state index in [2.05, 4.69) is 5.32 Å². The van der Waals surface area contributed by atoms with Crippen molar-refractivity contribution in [2.24, 2.45) is 0 Å². The molecule has 10 heteroatoms. The predicted octanol–water partition coefficient (Wildman–Crippen LogP) is 3.56. The minimum Gasteiger partial charge on any atom is -0.497 e. The highest BCUT2D eigenvalue weighted by atomic mass is 32.2. The highest BCUT2D eigenvalue weighted by Crippen LogP contribution is 2.36. The first-order chi connectivity index (χ1) is 16.3. The Balaban J connectivity index is 2.01. The molecule has 0 aromatic heterocycles. The summed E-state index contributed by atoms with van der Waals surface area (Å²) in [6, 6.07) is 17.4. The van der Waals surface area contributed by atoms with Crippen LogP contribution in [0.5, 0.6) is 23.0 Å². The van der Waals surface area contributed by atoms with E-state index in [1.54, 1.807) is 48.5 Å². The third kappa shape index (κ3) is 5.34. The van der Waals surface area contributed by atoms with Crippen LogP contribution in [0, 0.1) is 0 Å². The van der Waals surface area contributed by atoms with Crippen LogP contribution < -0.4 is 28.6 Å². The lowest BCUT2D eigenvalue weighted by Crippen LogP contribution is -2.38. The molecule has 0 unspecified atom stereocenters. The van der Waals surface area contributed by atoms with E-state index in [-0.39, 0.29) is 16.3 Å². The minimum absolute atomic E-state index is 0.0303. The molecule has 0 aliphatic rings. The van der Waals surface area contributed by atoms with Gasteiger partial charge < -0.3 is 24.3 Å². The number of ether oxygens (including phenoxy) is 4. The maximum atomic E-state index is 13.6. The molecule has 9 nitrogen and oxygen atoms in total. The predicted molar refractivity (Wildman–Crippen MR) is 129 cm³/mol. The number of hydrogen-bond donors (Lipinski definition) is 1. The summed E-state index contributed by atoms with van der Waals surface area (Å²) in [5, 5.41) is 2.71. The Morgan fingerprint density at radius 3 is 1.97 bits per heavy atom. The van der Waals surface area contributed by atoms with Gasteiger partial charge in [-0.3, -0.25) is 9.10 Å². The number of rotatable bonds is 10. The molecule has 0 aliphatic carbocycles. The van der Waals surface area contributed by atoms with Crippen LogP contribution in [0.3, 0.4) is 0 Å². The van der Waals surface area contributed by atoms with Crippen LogP contribution in [0.2, 0.25) is 0 Å². The fourth-order valence-electron chi connectivity index (χ4n) is 3.23. The highest BCUT2D eigenvalue weighted by Gasteiger charge is 2.30. The lowest BCUT2D eigenvalue weighted by Gasteiger charge is -2.26. The summed E-state index contributed by atoms with van der Waals surface area (Å²) in [5.41, 5.74) is 0.552. The van der Waals surface area contributed by atoms with E-state index in [0.717, 1.165) is 4.31 Å². The molecule has 3 aromatic rings. The molecule has 0 atom stereocenters. The normalized spacial score (nSPS) is 10.8. The molecular formula is C24H26N2O7S. The monoisotopic (exact) mass is 486 g/mol. The van der Waals surface area contributed by atoms with Gasteiger partial charge >= 0.3 is 0 Å². The minimum atomic E-state index is -4.12. The van der Waals surface area contributed by atoms with Crippen molar-refractivity contribution in [3.63, 3.8) is 0 Å². The molecule has 0 aliphatic heterocycles. The van der Waals surface area contributed by atoms with Crippen LogP contribution in [0.25, 0.3) is 0 Å². The number of sulfonamides is 1. The van der Waals surface area contributed by atoms with E-state index in [0.29, 0.717) is 22.9 Å². The largest absolute Gasteiger partial charge is 0.497 e. The Kier molecular flexibility index (Phi) is 7.85. The zero-order chi connectivity index (χ0) is 24.7. The summed E-state index contributed by atoms with van der Waals surface area (Å²) >= 11 is 0. The maximum Gasteiger partial charge on any atom is 0.264 e. The third-order valence-corrected chi connectivity index (χ3v) is 6.73. The van der Waals surface area contributed by atoms with Crippen molar-refractivity contribution in [2.75, 3.05) is 44.6 Å². The molecule has 1 N–H and O–H groups in total. The number of hydrogen-bond acceptors (Lipinski definition) is 7. The Morgan fingerprint density at radius 2 is 1.38 bits per heavy atom. The zero-order valence-corrected chi connectivity index (χ0v) is 20.1. The Bertz CT molecular complexity index is 1250. The van der Waals surface area contributed by atoms with Gasteiger partial charge in [0.05, 0.1) is 44.7 Å². The maximum absolute atomic E-state index is 13.6. The van der Waals surface area contributed by atoms with Gasteiger partial charge in [0.25, 0.3) is 10.0 Å². The number of carbonyl (C=O) groups excluding carboxylic acids is 1. The number of methoxy groups -OCH3 is 4. The molecule has 3 rings (SSSR count). The van der Waals surface area contributed by atoms with Crippen LogP contribution in [-0.2, 0) is 14.8 Å². The smallest absolute Gasteiger partial charge is 0.264 e. The van der Waals surface area contributed by atoms with Crippen LogP contribution in [0.4, 0.5) is 11.4 Å². The van der Waals surface area contributed by atoms with Crippen LogP contribution in [-0.4, -0.2) is 49.3 Å². The fraction of sp³-hybridized carbons (Fsp3) is 0.208. The summed E-state index contributed by atoms with van der Waals surface area (Å²) in [6.45, 7) is -0.519. The first kappa shape index (κ1) is 24.7. The number of anilines is 2. The molecule has 0 bridgehead atoms. The van der Waals surface area contributed by atoms with E-state index >= 15 is 0 Å². The van der Waals surface area contributed by atoms with Gasteiger partial charge in [0.1, 0.15) is 29.5 Å². The van der Waals surface area contributed by atoms with Crippen molar-refractivity contribution >= 4 is 27.3 Å². The molecule has 3 aromatic carbocycles. The van der Waals surface area contributed by atoms with Crippen LogP contribution >= 0.6 is 0 Å². The Morgan fingerprint density at radius 1 is 0.794 bits per heavy atom. The lowest BCUT2D eigenvalue weighted by atomic mass is 10.2. The van der Waals surface area contributed by atoms with Gasteiger partial charge in [0.2, 0.25) is 5.91 Å². The first-order valence-corrected chi connectivity index (χ1v) is 11.6. The molecular weight excluding hydrogens is 460 g/mol. The topological polar surface area (TPSA) is 103 Å². The molecule has 0 fully saturated rings. The van der Waals surface area contributed by atoms with Crippen molar-refractivity contribution in [3.8, 4) is 23.0 Å². The molecule has 1 amide bonds. The lowest BCUT2D eigenvalue weighted by molar-refractivity contribution is -0.114. The van der Waals surface area contributed by atoms with E-state index in [4.69, 9.17) is 18.9 Å². The first-order valence-electron chi connectivity index (χ1n) is 10.2. The number of amides is 1. The van der Waals surface area contributed by atoms with E-state index in [9.17, 15) is 13.2 Å². The number of nitrogens with one attached hydrogen (secondary N) is 1. The van der Waals surface area contributed by atoms with E-state index in [1.165, 1.54) is 46.6 Å². The third-order valence-electron chi connectivity index (χ3n) is 4.96. The van der Waals surface area contributed by atoms with E-state index < -0.39 is 22.5 Å². The number of benzene rings is 3. The van der Waals surface area contributed by atoms with Crippen LogP contribution in [0.15, 0.2) is 71.6 Å². The van der Waals surface area contributed by atoms with Gasteiger partial charge in [-0.2, -0.15) is 0 Å². The molecule has 0 saturated carbocycles. The van der Waals surface area contributed by atoms with Crippen molar-refractivity contribution in [1.29, 1.82) is 0 Å². The quantitative estimate of drug-likeness (QED) is 0.467. The number of nitrogens with zero attached hydrogens (tertiary/aromatic N) is 1. The van der Waals surface area contributed by atoms with Crippen molar-refractivity contribution < 1.29 is 32.2 Å². The standard InChI is InChI=1S/C24H26N2O7S/c1-30-17-10-12-20(22(14-17)32-3)25-24(27)16-26(34(28,29)19-8-6-5-7-9-19)21-13-11-18(31-2)15-23(21)33-4/h5-15H,16H2,1-4H3,(H,25,27). The fourth-order valence-corrected chi connectivity index (χ4v) is 4.68. The summed E-state index contributed by atoms with van der Waals surface area (Å²) < 4.78 is 49.2. The van der Waals surface area contributed by atoms with Gasteiger partial charge in [-0.1, -0.05) is 18.2 Å². The summed E-state index contributed by atoms with van der Waals surface area (Å²) in [7, 11) is 1.75. The second-order valence-electron chi connectivity index (χ2n) is 6.98. The van der Waals surface area contributed by atoms with Gasteiger partial charge in [-0.05, 0) is 36.4 Å². The molecule has 34 heavy (non-hydrogen) atoms. The molecule has 0 spiro atoms. The van der Waals surface area contributed by atoms with Gasteiger partial charge in [-0.15, -0.1) is 0 Å². The number of carbonyl (C=O) groups is 1. The van der Waals surface area contributed by atoms with Gasteiger partial charge in [0.15, 0.2) is 0 Å². The SMILES string of the molecule is COc1ccc(NC(=O)CN(c2ccc(OC)cc2OC)S(=O)(=O)c2ccccc2)c(OC)c1. The van der Waals surface area contributed by atoms with Gasteiger partial charge in [-0.25, -0.2) is 8.42 Å². The van der Waals surface area contributed by atoms with Crippen LogP contribution in [0.1, 0.15) is 0 Å². The zero-order valence-electron chi connectivity index (χ0n) is 19.3. The Labute approximate surface area is 198 Å². The molecule has 180 valence electrons. The summed E-state index contributed by atoms with van der Waals surface area (Å²) in [5.74, 6) is 1.04. The average Bonchev–Trinajstić information content (AvgIpc) is 2.87. The second-order valence-corrected chi connectivity index (χ2v) is 8.84. The Hall–Kier alpha value is -3.92. The molecule has 0 radical (unpaired) electrons. The summed E-state index contributed by atoms with van der Waals surface area (Å²) in [4.78, 5) is 13.1. The molecule has 0 saturated heterocycles. The van der Waals surface area contributed by atoms with Crippen molar-refractivity contribution in [3.05, 3.63) is 66.7 Å². The highest BCUT2D eigenvalue weighted by molar-refractivity contribution is 7.92. The van der Waals surface area contributed by atoms with Crippen molar-refractivity contribution in [2.45, 2.75) is 4.90 Å². The van der Waals surface area contributed by atoms with Gasteiger partial charge in [0, 0.05) is 12.1 Å².